The normalized spacial score (nSPS) is 13.5. The number of carbonyl (C=O) groups is 2. The van der Waals surface area contributed by atoms with Crippen LogP contribution in [0.15, 0.2) is 54.6 Å². The monoisotopic (exact) mass is 351 g/mol. The van der Waals surface area contributed by atoms with Crippen LogP contribution < -0.4 is 15.1 Å². The molecule has 0 atom stereocenters. The van der Waals surface area contributed by atoms with Crippen molar-refractivity contribution in [2.24, 2.45) is 0 Å². The van der Waals surface area contributed by atoms with Crippen LogP contribution in [0, 0.1) is 0 Å². The van der Waals surface area contributed by atoms with Crippen LogP contribution in [0.2, 0.25) is 0 Å². The van der Waals surface area contributed by atoms with E-state index in [4.69, 9.17) is 0 Å². The van der Waals surface area contributed by atoms with Crippen LogP contribution in [0.5, 0.6) is 0 Å². The lowest BCUT2D eigenvalue weighted by molar-refractivity contribution is -0.125. The molecule has 2 aromatic rings. The van der Waals surface area contributed by atoms with Gasteiger partial charge in [-0.25, -0.2) is 0 Å². The minimum Gasteiger partial charge on any atom is -0.372 e. The van der Waals surface area contributed by atoms with Gasteiger partial charge in [0, 0.05) is 36.7 Å². The maximum absolute atomic E-state index is 12.5. The van der Waals surface area contributed by atoms with Crippen molar-refractivity contribution >= 4 is 28.9 Å². The Bertz CT molecular complexity index is 738. The fraction of sp³-hybridized carbons (Fsp3) is 0.333. The summed E-state index contributed by atoms with van der Waals surface area (Å²) in [6, 6.07) is 17.2. The van der Waals surface area contributed by atoms with E-state index in [1.165, 1.54) is 18.5 Å². The Morgan fingerprint density at radius 3 is 2.27 bits per heavy atom. The number of rotatable bonds is 6. The standard InChI is InChI=1S/C21H25N3O2/c1-2-24(19-8-4-3-5-9-19)21(26)16-20(25)22-17-10-12-18(13-11-17)23-14-6-7-15-23/h3-5,8-13H,2,6-7,14-16H2,1H3,(H,22,25). The second-order valence-electron chi connectivity index (χ2n) is 6.44. The number of amides is 2. The molecule has 26 heavy (non-hydrogen) atoms. The van der Waals surface area contributed by atoms with Crippen LogP contribution in [-0.4, -0.2) is 31.4 Å². The highest BCUT2D eigenvalue weighted by Crippen LogP contribution is 2.22. The number of carbonyl (C=O) groups excluding carboxylic acids is 2. The molecule has 3 rings (SSSR count). The van der Waals surface area contributed by atoms with Gasteiger partial charge in [-0.2, -0.15) is 0 Å². The smallest absolute Gasteiger partial charge is 0.236 e. The average molecular weight is 351 g/mol. The van der Waals surface area contributed by atoms with E-state index in [0.717, 1.165) is 18.8 Å². The number of nitrogens with one attached hydrogen (secondary N) is 1. The zero-order valence-electron chi connectivity index (χ0n) is 15.1. The predicted octanol–water partition coefficient (Wildman–Crippen LogP) is 3.67. The van der Waals surface area contributed by atoms with Gasteiger partial charge in [0.1, 0.15) is 6.42 Å². The molecule has 5 heteroatoms. The van der Waals surface area contributed by atoms with Crippen molar-refractivity contribution in [3.8, 4) is 0 Å². The number of hydrogen-bond donors (Lipinski definition) is 1. The summed E-state index contributed by atoms with van der Waals surface area (Å²) >= 11 is 0. The Labute approximate surface area is 154 Å². The van der Waals surface area contributed by atoms with E-state index in [0.29, 0.717) is 12.2 Å². The zero-order valence-corrected chi connectivity index (χ0v) is 15.1. The van der Waals surface area contributed by atoms with Crippen molar-refractivity contribution in [3.05, 3.63) is 54.6 Å². The molecule has 0 radical (unpaired) electrons. The summed E-state index contributed by atoms with van der Waals surface area (Å²) in [6.07, 6.45) is 2.29. The summed E-state index contributed by atoms with van der Waals surface area (Å²) in [5, 5.41) is 2.82. The fourth-order valence-corrected chi connectivity index (χ4v) is 3.28. The van der Waals surface area contributed by atoms with Crippen molar-refractivity contribution < 1.29 is 9.59 Å². The first-order valence-electron chi connectivity index (χ1n) is 9.17. The number of nitrogens with zero attached hydrogens (tertiary/aromatic N) is 2. The van der Waals surface area contributed by atoms with Gasteiger partial charge in [-0.3, -0.25) is 9.59 Å². The van der Waals surface area contributed by atoms with E-state index in [2.05, 4.69) is 10.2 Å². The third-order valence-corrected chi connectivity index (χ3v) is 4.62. The van der Waals surface area contributed by atoms with E-state index in [1.807, 2.05) is 61.5 Å². The molecule has 0 bridgehead atoms. The molecule has 5 nitrogen and oxygen atoms in total. The second kappa shape index (κ2) is 8.52. The van der Waals surface area contributed by atoms with Gasteiger partial charge in [-0.1, -0.05) is 18.2 Å². The molecule has 2 aromatic carbocycles. The third-order valence-electron chi connectivity index (χ3n) is 4.62. The molecular formula is C21H25N3O2. The van der Waals surface area contributed by atoms with Crippen molar-refractivity contribution in [3.63, 3.8) is 0 Å². The Kier molecular flexibility index (Phi) is 5.89. The molecule has 0 saturated carbocycles. The van der Waals surface area contributed by atoms with E-state index >= 15 is 0 Å². The summed E-state index contributed by atoms with van der Waals surface area (Å²) in [6.45, 7) is 4.61. The lowest BCUT2D eigenvalue weighted by Gasteiger charge is -2.21. The maximum Gasteiger partial charge on any atom is 0.236 e. The van der Waals surface area contributed by atoms with Crippen LogP contribution >= 0.6 is 0 Å². The molecule has 1 fully saturated rings. The molecule has 0 spiro atoms. The van der Waals surface area contributed by atoms with Crippen molar-refractivity contribution in [2.45, 2.75) is 26.2 Å². The first kappa shape index (κ1) is 18.0. The molecule has 1 saturated heterocycles. The molecule has 1 aliphatic heterocycles. The Morgan fingerprint density at radius 2 is 1.65 bits per heavy atom. The van der Waals surface area contributed by atoms with Crippen molar-refractivity contribution in [2.75, 3.05) is 34.8 Å². The van der Waals surface area contributed by atoms with Gasteiger partial charge in [0.15, 0.2) is 0 Å². The molecule has 0 aromatic heterocycles. The minimum absolute atomic E-state index is 0.170. The molecule has 1 N–H and O–H groups in total. The Hall–Kier alpha value is -2.82. The van der Waals surface area contributed by atoms with Gasteiger partial charge in [0.25, 0.3) is 0 Å². The molecule has 136 valence electrons. The third kappa shape index (κ3) is 4.42. The first-order chi connectivity index (χ1) is 12.7. The highest BCUT2D eigenvalue weighted by molar-refractivity contribution is 6.09. The van der Waals surface area contributed by atoms with E-state index in [1.54, 1.807) is 4.90 Å². The van der Waals surface area contributed by atoms with Crippen LogP contribution in [0.1, 0.15) is 26.2 Å². The maximum atomic E-state index is 12.5. The lowest BCUT2D eigenvalue weighted by Crippen LogP contribution is -2.33. The minimum atomic E-state index is -0.293. The molecule has 1 aliphatic rings. The number of benzene rings is 2. The molecule has 0 aliphatic carbocycles. The van der Waals surface area contributed by atoms with Gasteiger partial charge < -0.3 is 15.1 Å². The van der Waals surface area contributed by atoms with Crippen LogP contribution in [0.3, 0.4) is 0 Å². The van der Waals surface area contributed by atoms with Gasteiger partial charge in [-0.05, 0) is 56.2 Å². The quantitative estimate of drug-likeness (QED) is 0.808. The average Bonchev–Trinajstić information content (AvgIpc) is 3.18. The Balaban J connectivity index is 1.56. The SMILES string of the molecule is CCN(C(=O)CC(=O)Nc1ccc(N2CCCC2)cc1)c1ccccc1. The highest BCUT2D eigenvalue weighted by atomic mass is 16.2. The fourth-order valence-electron chi connectivity index (χ4n) is 3.28. The lowest BCUT2D eigenvalue weighted by atomic mass is 10.2. The summed E-state index contributed by atoms with van der Waals surface area (Å²) in [5.41, 5.74) is 2.70. The van der Waals surface area contributed by atoms with Crippen molar-refractivity contribution in [1.82, 2.24) is 0 Å². The second-order valence-corrected chi connectivity index (χ2v) is 6.44. The molecule has 1 heterocycles. The van der Waals surface area contributed by atoms with E-state index < -0.39 is 0 Å². The molecule has 2 amide bonds. The summed E-state index contributed by atoms with van der Waals surface area (Å²) in [4.78, 5) is 28.7. The Morgan fingerprint density at radius 1 is 1.00 bits per heavy atom. The van der Waals surface area contributed by atoms with Gasteiger partial charge in [0.05, 0.1) is 0 Å². The first-order valence-corrected chi connectivity index (χ1v) is 9.17. The summed E-state index contributed by atoms with van der Waals surface area (Å²) < 4.78 is 0. The number of hydrogen-bond acceptors (Lipinski definition) is 3. The van der Waals surface area contributed by atoms with Crippen LogP contribution in [0.4, 0.5) is 17.1 Å². The zero-order chi connectivity index (χ0) is 18.4. The van der Waals surface area contributed by atoms with E-state index in [9.17, 15) is 9.59 Å². The number of anilines is 3. The summed E-state index contributed by atoms with van der Waals surface area (Å²) in [7, 11) is 0. The number of para-hydroxylation sites is 1. The van der Waals surface area contributed by atoms with Crippen molar-refractivity contribution in [1.29, 1.82) is 0 Å². The van der Waals surface area contributed by atoms with Crippen LogP contribution in [-0.2, 0) is 9.59 Å². The van der Waals surface area contributed by atoms with Gasteiger partial charge in [-0.15, -0.1) is 0 Å². The topological polar surface area (TPSA) is 52.7 Å². The van der Waals surface area contributed by atoms with Crippen LogP contribution in [0.25, 0.3) is 0 Å². The highest BCUT2D eigenvalue weighted by Gasteiger charge is 2.18. The van der Waals surface area contributed by atoms with E-state index in [-0.39, 0.29) is 18.2 Å². The van der Waals surface area contributed by atoms with Gasteiger partial charge in [0.2, 0.25) is 11.8 Å². The summed E-state index contributed by atoms with van der Waals surface area (Å²) in [5.74, 6) is -0.497. The van der Waals surface area contributed by atoms with Gasteiger partial charge >= 0.3 is 0 Å². The largest absolute Gasteiger partial charge is 0.372 e. The molecule has 0 unspecified atom stereocenters. The predicted molar refractivity (Wildman–Crippen MR) is 106 cm³/mol. The molecular weight excluding hydrogens is 326 g/mol.